The molecule has 2 heterocycles. The van der Waals surface area contributed by atoms with Gasteiger partial charge in [0.25, 0.3) is 0 Å². The third kappa shape index (κ3) is 2.84. The van der Waals surface area contributed by atoms with E-state index >= 15 is 0 Å². The first-order chi connectivity index (χ1) is 9.54. The average molecular weight is 274 g/mol. The highest BCUT2D eigenvalue weighted by Gasteiger charge is 2.26. The standard InChI is InChI=1S/C16H22N2O2/c1-11(2)14-10-17-15(20-4)9-13(14)12(3)16(19)18-7-5-6-8-18/h9-10,12H,1,5-8H2,2-4H3/t12-/m0/s1. The molecule has 1 aromatic rings. The molecule has 0 aliphatic carbocycles. The topological polar surface area (TPSA) is 42.4 Å². The summed E-state index contributed by atoms with van der Waals surface area (Å²) in [4.78, 5) is 18.7. The predicted octanol–water partition coefficient (Wildman–Crippen LogP) is 2.85. The largest absolute Gasteiger partial charge is 0.481 e. The van der Waals surface area contributed by atoms with Gasteiger partial charge < -0.3 is 9.64 Å². The van der Waals surface area contributed by atoms with E-state index in [4.69, 9.17) is 4.74 Å². The van der Waals surface area contributed by atoms with Crippen LogP contribution in [-0.4, -0.2) is 36.0 Å². The highest BCUT2D eigenvalue weighted by molar-refractivity contribution is 5.85. The molecule has 0 aromatic carbocycles. The smallest absolute Gasteiger partial charge is 0.229 e. The Labute approximate surface area is 120 Å². The summed E-state index contributed by atoms with van der Waals surface area (Å²) in [5.74, 6) is 0.515. The number of hydrogen-bond acceptors (Lipinski definition) is 3. The van der Waals surface area contributed by atoms with Crippen molar-refractivity contribution >= 4 is 11.5 Å². The molecule has 20 heavy (non-hydrogen) atoms. The van der Waals surface area contributed by atoms with E-state index in [-0.39, 0.29) is 11.8 Å². The second-order valence-corrected chi connectivity index (χ2v) is 5.35. The van der Waals surface area contributed by atoms with Gasteiger partial charge in [0.15, 0.2) is 0 Å². The molecule has 2 rings (SSSR count). The van der Waals surface area contributed by atoms with E-state index in [9.17, 15) is 4.79 Å². The van der Waals surface area contributed by atoms with Gasteiger partial charge in [-0.25, -0.2) is 4.98 Å². The van der Waals surface area contributed by atoms with E-state index < -0.39 is 0 Å². The number of carbonyl (C=O) groups is 1. The molecule has 1 aromatic heterocycles. The third-order valence-electron chi connectivity index (χ3n) is 3.83. The molecular weight excluding hydrogens is 252 g/mol. The molecule has 0 bridgehead atoms. The minimum absolute atomic E-state index is 0.179. The fourth-order valence-corrected chi connectivity index (χ4v) is 2.62. The first kappa shape index (κ1) is 14.6. The van der Waals surface area contributed by atoms with Crippen LogP contribution >= 0.6 is 0 Å². The van der Waals surface area contributed by atoms with Crippen LogP contribution in [-0.2, 0) is 4.79 Å². The maximum absolute atomic E-state index is 12.6. The number of methoxy groups -OCH3 is 1. The summed E-state index contributed by atoms with van der Waals surface area (Å²) in [6.45, 7) is 9.59. The van der Waals surface area contributed by atoms with Crippen molar-refractivity contribution in [2.24, 2.45) is 0 Å². The zero-order valence-corrected chi connectivity index (χ0v) is 12.5. The summed E-state index contributed by atoms with van der Waals surface area (Å²) in [6, 6.07) is 1.85. The van der Waals surface area contributed by atoms with E-state index in [2.05, 4.69) is 11.6 Å². The van der Waals surface area contributed by atoms with Gasteiger partial charge >= 0.3 is 0 Å². The van der Waals surface area contributed by atoms with E-state index in [1.807, 2.05) is 24.8 Å². The predicted molar refractivity (Wildman–Crippen MR) is 79.7 cm³/mol. The van der Waals surface area contributed by atoms with Crippen LogP contribution in [0.2, 0.25) is 0 Å². The summed E-state index contributed by atoms with van der Waals surface area (Å²) in [6.07, 6.45) is 3.95. The molecular formula is C16H22N2O2. The second kappa shape index (κ2) is 6.07. The third-order valence-corrected chi connectivity index (χ3v) is 3.83. The van der Waals surface area contributed by atoms with Crippen LogP contribution in [0.4, 0.5) is 0 Å². The Morgan fingerprint density at radius 2 is 2.10 bits per heavy atom. The molecule has 1 aliphatic rings. The lowest BCUT2D eigenvalue weighted by molar-refractivity contribution is -0.131. The van der Waals surface area contributed by atoms with Crippen molar-refractivity contribution in [3.05, 3.63) is 30.0 Å². The van der Waals surface area contributed by atoms with Gasteiger partial charge in [0, 0.05) is 25.4 Å². The van der Waals surface area contributed by atoms with Gasteiger partial charge in [-0.2, -0.15) is 0 Å². The number of allylic oxidation sites excluding steroid dienone is 1. The van der Waals surface area contributed by atoms with E-state index in [1.165, 1.54) is 0 Å². The molecule has 0 spiro atoms. The molecule has 0 unspecified atom stereocenters. The fraction of sp³-hybridized carbons (Fsp3) is 0.500. The fourth-order valence-electron chi connectivity index (χ4n) is 2.62. The van der Waals surface area contributed by atoms with Crippen LogP contribution in [0.5, 0.6) is 5.88 Å². The molecule has 1 aliphatic heterocycles. The number of ether oxygens (including phenoxy) is 1. The lowest BCUT2D eigenvalue weighted by Gasteiger charge is -2.22. The number of nitrogens with zero attached hydrogens (tertiary/aromatic N) is 2. The Hall–Kier alpha value is -1.84. The van der Waals surface area contributed by atoms with Crippen molar-refractivity contribution in [3.8, 4) is 5.88 Å². The summed E-state index contributed by atoms with van der Waals surface area (Å²) >= 11 is 0. The van der Waals surface area contributed by atoms with E-state index in [1.54, 1.807) is 13.3 Å². The number of amides is 1. The summed E-state index contributed by atoms with van der Waals surface area (Å²) in [5, 5.41) is 0. The minimum Gasteiger partial charge on any atom is -0.481 e. The number of aromatic nitrogens is 1. The Balaban J connectivity index is 2.33. The lowest BCUT2D eigenvalue weighted by Crippen LogP contribution is -2.31. The molecule has 0 N–H and O–H groups in total. The maximum Gasteiger partial charge on any atom is 0.229 e. The monoisotopic (exact) mass is 274 g/mol. The van der Waals surface area contributed by atoms with Crippen LogP contribution in [0, 0.1) is 0 Å². The van der Waals surface area contributed by atoms with Crippen molar-refractivity contribution in [1.82, 2.24) is 9.88 Å². The van der Waals surface area contributed by atoms with Crippen LogP contribution in [0.15, 0.2) is 18.8 Å². The molecule has 1 amide bonds. The number of pyridine rings is 1. The quantitative estimate of drug-likeness (QED) is 0.848. The van der Waals surface area contributed by atoms with Gasteiger partial charge in [-0.1, -0.05) is 6.58 Å². The molecule has 1 saturated heterocycles. The molecule has 0 radical (unpaired) electrons. The van der Waals surface area contributed by atoms with E-state index in [0.29, 0.717) is 5.88 Å². The molecule has 1 atom stereocenters. The summed E-state index contributed by atoms with van der Waals surface area (Å²) < 4.78 is 5.18. The summed E-state index contributed by atoms with van der Waals surface area (Å²) in [7, 11) is 1.58. The molecule has 0 saturated carbocycles. The Morgan fingerprint density at radius 3 is 2.65 bits per heavy atom. The van der Waals surface area contributed by atoms with Crippen LogP contribution in [0.3, 0.4) is 0 Å². The lowest BCUT2D eigenvalue weighted by atomic mass is 9.93. The Kier molecular flexibility index (Phi) is 4.42. The highest BCUT2D eigenvalue weighted by atomic mass is 16.5. The van der Waals surface area contributed by atoms with Gasteiger partial charge in [0.1, 0.15) is 0 Å². The molecule has 4 nitrogen and oxygen atoms in total. The Morgan fingerprint density at radius 1 is 1.45 bits per heavy atom. The zero-order valence-electron chi connectivity index (χ0n) is 12.5. The van der Waals surface area contributed by atoms with Gasteiger partial charge in [-0.3, -0.25) is 4.79 Å². The highest BCUT2D eigenvalue weighted by Crippen LogP contribution is 2.29. The van der Waals surface area contributed by atoms with Crippen LogP contribution in [0.25, 0.3) is 5.57 Å². The SMILES string of the molecule is C=C(C)c1cnc(OC)cc1[C@H](C)C(=O)N1CCCC1. The molecule has 1 fully saturated rings. The number of hydrogen-bond donors (Lipinski definition) is 0. The van der Waals surface area contributed by atoms with Crippen LogP contribution < -0.4 is 4.74 Å². The number of carbonyl (C=O) groups excluding carboxylic acids is 1. The molecule has 4 heteroatoms. The normalized spacial score (nSPS) is 16.1. The van der Waals surface area contributed by atoms with Gasteiger partial charge in [-0.05, 0) is 43.4 Å². The van der Waals surface area contributed by atoms with Crippen molar-refractivity contribution in [1.29, 1.82) is 0 Å². The van der Waals surface area contributed by atoms with Crippen LogP contribution in [0.1, 0.15) is 43.7 Å². The Bertz CT molecular complexity index is 519. The maximum atomic E-state index is 12.6. The first-order valence-electron chi connectivity index (χ1n) is 7.03. The number of likely N-dealkylation sites (tertiary alicyclic amines) is 1. The van der Waals surface area contributed by atoms with Gasteiger partial charge in [-0.15, -0.1) is 0 Å². The van der Waals surface area contributed by atoms with Gasteiger partial charge in [0.2, 0.25) is 11.8 Å². The minimum atomic E-state index is -0.198. The number of rotatable bonds is 4. The van der Waals surface area contributed by atoms with E-state index in [0.717, 1.165) is 42.6 Å². The summed E-state index contributed by atoms with van der Waals surface area (Å²) in [5.41, 5.74) is 2.79. The van der Waals surface area contributed by atoms with Crippen molar-refractivity contribution < 1.29 is 9.53 Å². The second-order valence-electron chi connectivity index (χ2n) is 5.35. The average Bonchev–Trinajstić information content (AvgIpc) is 2.99. The van der Waals surface area contributed by atoms with Crippen molar-refractivity contribution in [2.45, 2.75) is 32.6 Å². The van der Waals surface area contributed by atoms with Crippen molar-refractivity contribution in [3.63, 3.8) is 0 Å². The van der Waals surface area contributed by atoms with Crippen molar-refractivity contribution in [2.75, 3.05) is 20.2 Å². The zero-order chi connectivity index (χ0) is 14.7. The first-order valence-corrected chi connectivity index (χ1v) is 7.03. The van der Waals surface area contributed by atoms with Gasteiger partial charge in [0.05, 0.1) is 13.0 Å². The molecule has 108 valence electrons.